The van der Waals surface area contributed by atoms with Crippen LogP contribution in [-0.2, 0) is 10.0 Å². The number of aromatic nitrogens is 2. The molecule has 0 aromatic carbocycles. The average Bonchev–Trinajstić information content (AvgIpc) is 2.37. The highest BCUT2D eigenvalue weighted by Crippen LogP contribution is 2.02. The third-order valence-corrected chi connectivity index (χ3v) is 2.63. The summed E-state index contributed by atoms with van der Waals surface area (Å²) in [5, 5.41) is 5.95. The van der Waals surface area contributed by atoms with Gasteiger partial charge in [0.15, 0.2) is 0 Å². The second kappa shape index (κ2) is 3.02. The third kappa shape index (κ3) is 1.78. The van der Waals surface area contributed by atoms with Crippen molar-refractivity contribution in [2.24, 2.45) is 0 Å². The van der Waals surface area contributed by atoms with Gasteiger partial charge in [-0.2, -0.15) is 5.10 Å². The first kappa shape index (κ1) is 8.22. The van der Waals surface area contributed by atoms with Crippen LogP contribution in [0.4, 0.5) is 0 Å². The second-order valence-corrected chi connectivity index (χ2v) is 3.70. The predicted molar refractivity (Wildman–Crippen MR) is 39.5 cm³/mol. The van der Waals surface area contributed by atoms with Gasteiger partial charge in [0, 0.05) is 12.7 Å². The minimum atomic E-state index is -3.31. The van der Waals surface area contributed by atoms with Gasteiger partial charge in [0.2, 0.25) is 10.0 Å². The van der Waals surface area contributed by atoms with Crippen LogP contribution in [0, 0.1) is 0 Å². The van der Waals surface area contributed by atoms with Gasteiger partial charge in [0.25, 0.3) is 0 Å². The molecule has 2 N–H and O–H groups in total. The van der Waals surface area contributed by atoms with Gasteiger partial charge in [0.05, 0.1) is 6.20 Å². The maximum absolute atomic E-state index is 11.1. The molecule has 0 bridgehead atoms. The molecule has 1 rings (SSSR count). The molecule has 0 saturated carbocycles. The monoisotopic (exact) mass is 175 g/mol. The highest BCUT2D eigenvalue weighted by molar-refractivity contribution is 7.89. The van der Waals surface area contributed by atoms with Gasteiger partial charge in [-0.15, -0.1) is 0 Å². The predicted octanol–water partition coefficient (Wildman–Crippen LogP) is -0.292. The molecule has 0 atom stereocenters. The summed E-state index contributed by atoms with van der Waals surface area (Å²) in [6, 6.07) is 0. The van der Waals surface area contributed by atoms with Crippen LogP contribution >= 0.6 is 0 Å². The number of hydrogen-bond donors (Lipinski definition) is 2. The molecule has 0 radical (unpaired) electrons. The molecule has 1 aromatic rings. The number of H-pyrrole nitrogens is 1. The molecule has 0 spiro atoms. The molecule has 5 nitrogen and oxygen atoms in total. The number of nitrogens with zero attached hydrogens (tertiary/aromatic N) is 1. The smallest absolute Gasteiger partial charge is 0.243 e. The number of nitrogens with one attached hydrogen (secondary N) is 2. The van der Waals surface area contributed by atoms with Crippen LogP contribution in [0.1, 0.15) is 6.92 Å². The van der Waals surface area contributed by atoms with Crippen molar-refractivity contribution < 1.29 is 8.42 Å². The number of hydrogen-bond acceptors (Lipinski definition) is 3. The molecule has 0 amide bonds. The van der Waals surface area contributed by atoms with E-state index in [1.165, 1.54) is 12.4 Å². The SMILES string of the molecule is CCNS(=O)(=O)c1cn[nH]c1. The Bertz CT molecular complexity index is 302. The summed E-state index contributed by atoms with van der Waals surface area (Å²) in [7, 11) is -3.31. The Morgan fingerprint density at radius 3 is 2.91 bits per heavy atom. The highest BCUT2D eigenvalue weighted by atomic mass is 32.2. The van der Waals surface area contributed by atoms with E-state index in [9.17, 15) is 8.42 Å². The van der Waals surface area contributed by atoms with Crippen molar-refractivity contribution in [3.8, 4) is 0 Å². The fraction of sp³-hybridized carbons (Fsp3) is 0.400. The maximum Gasteiger partial charge on any atom is 0.243 e. The van der Waals surface area contributed by atoms with Gasteiger partial charge in [-0.05, 0) is 0 Å². The molecular weight excluding hydrogens is 166 g/mol. The lowest BCUT2D eigenvalue weighted by Crippen LogP contribution is -2.22. The number of aromatic amines is 1. The summed E-state index contributed by atoms with van der Waals surface area (Å²) in [5.74, 6) is 0. The highest BCUT2D eigenvalue weighted by Gasteiger charge is 2.12. The fourth-order valence-electron chi connectivity index (χ4n) is 0.659. The Morgan fingerprint density at radius 1 is 1.73 bits per heavy atom. The van der Waals surface area contributed by atoms with Crippen LogP contribution in [0.25, 0.3) is 0 Å². The van der Waals surface area contributed by atoms with E-state index in [0.29, 0.717) is 6.54 Å². The lowest BCUT2D eigenvalue weighted by Gasteiger charge is -1.98. The van der Waals surface area contributed by atoms with Gasteiger partial charge in [-0.1, -0.05) is 6.92 Å². The van der Waals surface area contributed by atoms with Gasteiger partial charge < -0.3 is 0 Å². The van der Waals surface area contributed by atoms with Gasteiger partial charge >= 0.3 is 0 Å². The molecule has 0 aliphatic heterocycles. The van der Waals surface area contributed by atoms with E-state index in [2.05, 4.69) is 14.9 Å². The molecule has 1 aromatic heterocycles. The van der Waals surface area contributed by atoms with Crippen LogP contribution in [-0.4, -0.2) is 25.2 Å². The number of rotatable bonds is 3. The zero-order valence-corrected chi connectivity index (χ0v) is 6.85. The molecule has 62 valence electrons. The largest absolute Gasteiger partial charge is 0.284 e. The zero-order chi connectivity index (χ0) is 8.32. The van der Waals surface area contributed by atoms with Gasteiger partial charge in [-0.3, -0.25) is 5.10 Å². The summed E-state index contributed by atoms with van der Waals surface area (Å²) in [6.07, 6.45) is 2.59. The maximum atomic E-state index is 11.1. The van der Waals surface area contributed by atoms with Crippen molar-refractivity contribution in [3.05, 3.63) is 12.4 Å². The van der Waals surface area contributed by atoms with Crippen LogP contribution in [0.15, 0.2) is 17.3 Å². The van der Waals surface area contributed by atoms with Crippen molar-refractivity contribution >= 4 is 10.0 Å². The first-order valence-corrected chi connectivity index (χ1v) is 4.63. The van der Waals surface area contributed by atoms with Crippen LogP contribution in [0.3, 0.4) is 0 Å². The lowest BCUT2D eigenvalue weighted by molar-refractivity contribution is 0.584. The Hall–Kier alpha value is -0.880. The topological polar surface area (TPSA) is 74.8 Å². The van der Waals surface area contributed by atoms with Gasteiger partial charge in [-0.25, -0.2) is 13.1 Å². The molecule has 1 heterocycles. The van der Waals surface area contributed by atoms with Crippen LogP contribution < -0.4 is 4.72 Å². The zero-order valence-electron chi connectivity index (χ0n) is 6.03. The normalized spacial score (nSPS) is 11.7. The van der Waals surface area contributed by atoms with E-state index in [1.807, 2.05) is 0 Å². The molecular formula is C5H9N3O2S. The minimum Gasteiger partial charge on any atom is -0.284 e. The first-order chi connectivity index (χ1) is 5.17. The summed E-state index contributed by atoms with van der Waals surface area (Å²) < 4.78 is 24.6. The quantitative estimate of drug-likeness (QED) is 0.662. The van der Waals surface area contributed by atoms with E-state index in [4.69, 9.17) is 0 Å². The second-order valence-electron chi connectivity index (χ2n) is 1.94. The van der Waals surface area contributed by atoms with E-state index < -0.39 is 10.0 Å². The Morgan fingerprint density at radius 2 is 2.45 bits per heavy atom. The molecule has 6 heteroatoms. The van der Waals surface area contributed by atoms with Gasteiger partial charge in [0.1, 0.15) is 4.90 Å². The van der Waals surface area contributed by atoms with E-state index in [1.54, 1.807) is 6.92 Å². The standard InChI is InChI=1S/C5H9N3O2S/c1-2-8-11(9,10)5-3-6-7-4-5/h3-4,8H,2H2,1H3,(H,6,7). The van der Waals surface area contributed by atoms with E-state index >= 15 is 0 Å². The number of sulfonamides is 1. The minimum absolute atomic E-state index is 0.166. The van der Waals surface area contributed by atoms with E-state index in [-0.39, 0.29) is 4.90 Å². The molecule has 0 saturated heterocycles. The first-order valence-electron chi connectivity index (χ1n) is 3.15. The average molecular weight is 175 g/mol. The van der Waals surface area contributed by atoms with Crippen molar-refractivity contribution in [1.29, 1.82) is 0 Å². The molecule has 0 aliphatic carbocycles. The van der Waals surface area contributed by atoms with Crippen LogP contribution in [0.2, 0.25) is 0 Å². The summed E-state index contributed by atoms with van der Waals surface area (Å²) in [4.78, 5) is 0.166. The molecule has 0 fully saturated rings. The summed E-state index contributed by atoms with van der Waals surface area (Å²) >= 11 is 0. The van der Waals surface area contributed by atoms with E-state index in [0.717, 1.165) is 0 Å². The fourth-order valence-corrected chi connectivity index (χ4v) is 1.61. The summed E-state index contributed by atoms with van der Waals surface area (Å²) in [5.41, 5.74) is 0. The molecule has 0 unspecified atom stereocenters. The Balaban J connectivity index is 2.92. The molecule has 0 aliphatic rings. The van der Waals surface area contributed by atoms with Crippen molar-refractivity contribution in [3.63, 3.8) is 0 Å². The Kier molecular flexibility index (Phi) is 2.25. The lowest BCUT2D eigenvalue weighted by atomic mass is 10.7. The summed E-state index contributed by atoms with van der Waals surface area (Å²) in [6.45, 7) is 2.10. The Labute approximate surface area is 64.9 Å². The molecule has 11 heavy (non-hydrogen) atoms. The third-order valence-electron chi connectivity index (χ3n) is 1.12. The van der Waals surface area contributed by atoms with Crippen molar-refractivity contribution in [1.82, 2.24) is 14.9 Å². The van der Waals surface area contributed by atoms with Crippen LogP contribution in [0.5, 0.6) is 0 Å². The van der Waals surface area contributed by atoms with Crippen molar-refractivity contribution in [2.45, 2.75) is 11.8 Å². The van der Waals surface area contributed by atoms with Crippen molar-refractivity contribution in [2.75, 3.05) is 6.54 Å².